The Balaban J connectivity index is 0.983. The molecule has 1 fully saturated rings. The number of aliphatic carboxylic acids is 1. The number of carboxylic acids is 1. The lowest BCUT2D eigenvalue weighted by Crippen LogP contribution is -2.60. The number of benzene rings is 4. The molecule has 544 valence electrons. The van der Waals surface area contributed by atoms with Crippen molar-refractivity contribution < 1.29 is 71.0 Å². The molecule has 3 aliphatic rings. The number of imidazole rings is 1. The normalized spacial score (nSPS) is 22.3. The van der Waals surface area contributed by atoms with Gasteiger partial charge in [0, 0.05) is 114 Å². The molecule has 2 aliphatic heterocycles. The SMILES string of the molecule is NCCCC[C@@H]1NC(=O)CCSCc2cccc(c2)CSC[C@@H](C(N)=O)CC(=O)[C@@H]2CCCN2C(=O)[C@H](Cc2c[nH]c3ccc(F)cc23)NC(=O)[C@H](Cc2cnc[nH]2)NC(=O)[C@H](CC(=O)O)NC(=O)[C@H](CC2=CCc3ccc(F)cc32)NC(=O)[C@H](Cc2c[nH]c3ccc(F)cc23)NC(=O)CNC1=O. The van der Waals surface area contributed by atoms with Gasteiger partial charge >= 0.3 is 5.97 Å². The summed E-state index contributed by atoms with van der Waals surface area (Å²) in [5, 5.41) is 29.4. The number of aromatic nitrogens is 4. The number of ketones is 1. The Bertz CT molecular complexity index is 4340. The first-order valence-corrected chi connectivity index (χ1v) is 36.2. The predicted molar refractivity (Wildman–Crippen MR) is 379 cm³/mol. The van der Waals surface area contributed by atoms with Crippen molar-refractivity contribution in [3.63, 3.8) is 0 Å². The molecule has 4 aromatic carbocycles. The number of Topliss-reactive ketones (excluding diaryl/α,β-unsaturated/α-hetero) is 1. The van der Waals surface area contributed by atoms with Gasteiger partial charge < -0.3 is 73.6 Å². The number of nitrogens with zero attached hydrogens (tertiary/aromatic N) is 2. The van der Waals surface area contributed by atoms with Gasteiger partial charge in [-0.2, -0.15) is 23.5 Å². The van der Waals surface area contributed by atoms with Crippen molar-refractivity contribution in [3.8, 4) is 0 Å². The van der Waals surface area contributed by atoms with E-state index < -0.39 is 150 Å². The second-order valence-electron chi connectivity index (χ2n) is 25.8. The predicted octanol–water partition coefficient (Wildman–Crippen LogP) is 4.10. The van der Waals surface area contributed by atoms with Crippen LogP contribution in [0.15, 0.2) is 110 Å². The lowest BCUT2D eigenvalue weighted by atomic mass is 9.97. The number of nitrogens with two attached hydrogens (primary N) is 2. The van der Waals surface area contributed by atoms with Crippen LogP contribution in [0, 0.1) is 23.4 Å². The molecular formula is C72H81F3N14O12S2. The Morgan fingerprint density at radius 2 is 1.24 bits per heavy atom. The summed E-state index contributed by atoms with van der Waals surface area (Å²) in [7, 11) is 0. The van der Waals surface area contributed by atoms with Crippen LogP contribution in [-0.2, 0) is 89.9 Å². The van der Waals surface area contributed by atoms with E-state index >= 15 is 23.6 Å². The van der Waals surface area contributed by atoms with Crippen LogP contribution in [0.4, 0.5) is 13.2 Å². The minimum Gasteiger partial charge on any atom is -0.481 e. The van der Waals surface area contributed by atoms with Crippen molar-refractivity contribution in [1.82, 2.24) is 62.1 Å². The largest absolute Gasteiger partial charge is 0.481 e. The topological polar surface area (TPSA) is 408 Å². The van der Waals surface area contributed by atoms with Gasteiger partial charge in [0.05, 0.1) is 31.3 Å². The number of H-pyrrole nitrogens is 3. The minimum absolute atomic E-state index is 0.0145. The second kappa shape index (κ2) is 35.6. The fraction of sp³-hybridized carbons (Fsp3) is 0.389. The number of halogens is 3. The molecule has 103 heavy (non-hydrogen) atoms. The molecule has 8 atom stereocenters. The monoisotopic (exact) mass is 1450 g/mol. The Morgan fingerprint density at radius 1 is 0.641 bits per heavy atom. The maximum atomic E-state index is 15.3. The maximum Gasteiger partial charge on any atom is 0.305 e. The first-order valence-electron chi connectivity index (χ1n) is 33.9. The number of nitrogens with one attached hydrogen (secondary N) is 10. The van der Waals surface area contributed by atoms with Crippen molar-refractivity contribution in [2.45, 2.75) is 137 Å². The molecular weight excluding hydrogens is 1370 g/mol. The molecule has 1 saturated heterocycles. The van der Waals surface area contributed by atoms with Crippen LogP contribution in [0.25, 0.3) is 27.4 Å². The molecule has 5 heterocycles. The molecule has 0 unspecified atom stereocenters. The van der Waals surface area contributed by atoms with Gasteiger partial charge in [0.2, 0.25) is 53.2 Å². The van der Waals surface area contributed by atoms with Gasteiger partial charge in [-0.05, 0) is 133 Å². The molecule has 0 radical (unpaired) electrons. The molecule has 26 nitrogen and oxygen atoms in total. The summed E-state index contributed by atoms with van der Waals surface area (Å²) in [5.41, 5.74) is 16.8. The first kappa shape index (κ1) is 75.4. The van der Waals surface area contributed by atoms with E-state index in [0.717, 1.165) is 11.1 Å². The van der Waals surface area contributed by atoms with Crippen LogP contribution in [0.3, 0.4) is 0 Å². The molecule has 2 bridgehead atoms. The van der Waals surface area contributed by atoms with E-state index in [9.17, 15) is 47.4 Å². The van der Waals surface area contributed by atoms with Gasteiger partial charge in [-0.1, -0.05) is 36.4 Å². The fourth-order valence-electron chi connectivity index (χ4n) is 13.0. The number of unbranched alkanes of at least 4 members (excludes halogenated alkanes) is 1. The van der Waals surface area contributed by atoms with Gasteiger partial charge in [-0.3, -0.25) is 52.7 Å². The number of carboxylic acid groups (broad SMARTS) is 1. The van der Waals surface area contributed by atoms with Crippen molar-refractivity contribution in [3.05, 3.63) is 166 Å². The fourth-order valence-corrected chi connectivity index (χ4v) is 15.0. The molecule has 0 saturated carbocycles. The quantitative estimate of drug-likeness (QED) is 0.0643. The summed E-state index contributed by atoms with van der Waals surface area (Å²) in [5.74, 6) is -11.5. The van der Waals surface area contributed by atoms with E-state index in [2.05, 4.69) is 57.2 Å². The third-order valence-corrected chi connectivity index (χ3v) is 20.5. The Kier molecular flexibility index (Phi) is 26.0. The Hall–Kier alpha value is -10.3. The summed E-state index contributed by atoms with van der Waals surface area (Å²) in [6.07, 6.45) is 6.29. The summed E-state index contributed by atoms with van der Waals surface area (Å²) in [4.78, 5) is 172. The van der Waals surface area contributed by atoms with Gasteiger partial charge in [0.1, 0.15) is 53.7 Å². The molecule has 10 rings (SSSR count). The molecule has 1 aliphatic carbocycles. The highest BCUT2D eigenvalue weighted by Crippen LogP contribution is 2.33. The number of hydrogen-bond donors (Lipinski definition) is 13. The van der Waals surface area contributed by atoms with Crippen molar-refractivity contribution in [1.29, 1.82) is 0 Å². The van der Waals surface area contributed by atoms with Crippen LogP contribution in [-0.4, -0.2) is 168 Å². The first-order chi connectivity index (χ1) is 49.5. The van der Waals surface area contributed by atoms with Crippen LogP contribution in [0.1, 0.15) is 96.9 Å². The van der Waals surface area contributed by atoms with Crippen molar-refractivity contribution in [2.24, 2.45) is 17.4 Å². The highest BCUT2D eigenvalue weighted by molar-refractivity contribution is 7.98. The number of aromatic amines is 3. The number of amides is 9. The van der Waals surface area contributed by atoms with E-state index in [0.29, 0.717) is 92.7 Å². The average molecular weight is 1460 g/mol. The number of hydrogen-bond acceptors (Lipinski definition) is 15. The van der Waals surface area contributed by atoms with Crippen molar-refractivity contribution in [2.75, 3.05) is 31.1 Å². The highest BCUT2D eigenvalue weighted by Gasteiger charge is 2.41. The molecule has 3 aromatic heterocycles. The maximum absolute atomic E-state index is 15.3. The third kappa shape index (κ3) is 20.5. The summed E-state index contributed by atoms with van der Waals surface area (Å²) >= 11 is 2.85. The zero-order chi connectivity index (χ0) is 73.3. The molecule has 15 N–H and O–H groups in total. The number of primary amides is 1. The number of rotatable bonds is 15. The average Bonchev–Trinajstić information content (AvgIpc) is 1.71. The molecule has 9 amide bonds. The lowest BCUT2D eigenvalue weighted by molar-refractivity contribution is -0.142. The molecule has 7 aromatic rings. The van der Waals surface area contributed by atoms with Crippen LogP contribution >= 0.6 is 23.5 Å². The van der Waals surface area contributed by atoms with Gasteiger partial charge in [-0.25, -0.2) is 18.2 Å². The van der Waals surface area contributed by atoms with E-state index in [1.807, 2.05) is 24.3 Å². The number of fused-ring (bicyclic) bond motifs is 6. The standard InChI is InChI=1S/C72H81F3N14O12S2/c73-46-12-11-41-9-10-42(50(41)26-46)22-57-69(98)87-59(30-65(93)94)71(100)86-58(29-49-33-78-38-82-49)70(99)88-60(24-44-32-80-54-16-14-48(75)28-52(44)54)72(101)89-19-4-8-61(89)62(90)25-45(66(77)95)37-103-36-40-6-3-5-39(21-40)35-102-20-17-63(91)83-55(7-1-2-18-76)67(96)81-34-64(92)84-56(68(97)85-57)23-43-31-79-53-15-13-47(74)27-51(43)53/h3,5-6,10-16,21,26-28,31-33,38,45,55-61,79-80H,1-2,4,7-9,17-20,22-25,29-30,34-37,76H2,(H2,77,95)(H,78,82)(H,81,96)(H,83,91)(H,84,92)(H,85,97)(H,86,100)(H,87,98)(H,88,99)(H,93,94)/t45-,55-,56-,57-,58-,59-,60-,61-/m0/s1. The van der Waals surface area contributed by atoms with E-state index in [4.69, 9.17) is 11.5 Å². The summed E-state index contributed by atoms with van der Waals surface area (Å²) < 4.78 is 44.8. The zero-order valence-electron chi connectivity index (χ0n) is 56.1. The number of thioether (sulfide) groups is 2. The van der Waals surface area contributed by atoms with Crippen LogP contribution < -0.4 is 48.7 Å². The zero-order valence-corrected chi connectivity index (χ0v) is 57.7. The van der Waals surface area contributed by atoms with E-state index in [-0.39, 0.29) is 69.4 Å². The molecule has 31 heteroatoms. The van der Waals surface area contributed by atoms with Gasteiger partial charge in [-0.15, -0.1) is 0 Å². The molecule has 0 spiro atoms. The van der Waals surface area contributed by atoms with E-state index in [1.165, 1.54) is 108 Å². The minimum atomic E-state index is -2.04. The second-order valence-corrected chi connectivity index (χ2v) is 28.0. The number of carbonyl (C=O) groups is 11. The highest BCUT2D eigenvalue weighted by atomic mass is 32.2. The van der Waals surface area contributed by atoms with Crippen LogP contribution in [0.2, 0.25) is 0 Å². The van der Waals surface area contributed by atoms with Gasteiger partial charge in [0.15, 0.2) is 5.78 Å². The Morgan fingerprint density at radius 3 is 1.89 bits per heavy atom. The number of allylic oxidation sites excluding steroid dienone is 1. The summed E-state index contributed by atoms with van der Waals surface area (Å²) in [6.45, 7) is -0.394. The summed E-state index contributed by atoms with van der Waals surface area (Å²) in [6, 6.07) is 8.62. The Labute approximate surface area is 598 Å². The van der Waals surface area contributed by atoms with E-state index in [1.54, 1.807) is 6.08 Å². The number of carbonyl (C=O) groups excluding carboxylic acids is 10. The lowest BCUT2D eigenvalue weighted by Gasteiger charge is -2.30. The third-order valence-electron chi connectivity index (χ3n) is 18.3. The van der Waals surface area contributed by atoms with Gasteiger partial charge in [0.25, 0.3) is 0 Å². The smallest absolute Gasteiger partial charge is 0.305 e. The van der Waals surface area contributed by atoms with Crippen molar-refractivity contribution >= 4 is 116 Å². The van der Waals surface area contributed by atoms with Crippen LogP contribution in [0.5, 0.6) is 0 Å².